The molecule has 0 spiro atoms. The van der Waals surface area contributed by atoms with Crippen LogP contribution in [0.2, 0.25) is 0 Å². The number of aryl methyl sites for hydroxylation is 1. The van der Waals surface area contributed by atoms with Gasteiger partial charge in [0, 0.05) is 31.0 Å². The van der Waals surface area contributed by atoms with Crippen LogP contribution in [0.3, 0.4) is 0 Å². The summed E-state index contributed by atoms with van der Waals surface area (Å²) < 4.78 is 1.84. The Bertz CT molecular complexity index is 604. The van der Waals surface area contributed by atoms with E-state index in [9.17, 15) is 4.79 Å². The van der Waals surface area contributed by atoms with Gasteiger partial charge in [0.2, 0.25) is 5.91 Å². The van der Waals surface area contributed by atoms with Gasteiger partial charge < -0.3 is 10.6 Å². The molecule has 1 amide bonds. The van der Waals surface area contributed by atoms with Crippen LogP contribution in [-0.2, 0) is 18.4 Å². The summed E-state index contributed by atoms with van der Waals surface area (Å²) in [7, 11) is 1.92. The van der Waals surface area contributed by atoms with Crippen molar-refractivity contribution in [2.45, 2.75) is 26.8 Å². The van der Waals surface area contributed by atoms with E-state index in [1.54, 1.807) is 6.20 Å². The predicted octanol–water partition coefficient (Wildman–Crippen LogP) is 2.69. The van der Waals surface area contributed by atoms with E-state index >= 15 is 0 Å². The summed E-state index contributed by atoms with van der Waals surface area (Å²) in [6.07, 6.45) is 2.26. The number of carbonyl (C=O) groups excluding carboxylic acids is 1. The second-order valence-electron chi connectivity index (χ2n) is 4.68. The third-order valence-corrected chi connectivity index (χ3v) is 3.31. The molecular formula is C15H20N4O. The van der Waals surface area contributed by atoms with Gasteiger partial charge in [-0.05, 0) is 30.7 Å². The number of anilines is 2. The summed E-state index contributed by atoms with van der Waals surface area (Å²) in [5.74, 6) is 0.0249. The lowest BCUT2D eigenvalue weighted by Crippen LogP contribution is -2.12. The lowest BCUT2D eigenvalue weighted by Gasteiger charge is -2.14. The first kappa shape index (κ1) is 14.1. The van der Waals surface area contributed by atoms with Crippen molar-refractivity contribution in [3.63, 3.8) is 0 Å². The molecule has 0 aliphatic carbocycles. The van der Waals surface area contributed by atoms with Gasteiger partial charge in [-0.2, -0.15) is 5.10 Å². The molecule has 5 nitrogen and oxygen atoms in total. The predicted molar refractivity (Wildman–Crippen MR) is 80.6 cm³/mol. The molecule has 1 aromatic carbocycles. The Labute approximate surface area is 119 Å². The average Bonchev–Trinajstić information content (AvgIpc) is 2.85. The first-order valence-electron chi connectivity index (χ1n) is 6.72. The number of carbonyl (C=O) groups is 1. The van der Waals surface area contributed by atoms with Crippen LogP contribution in [0.15, 0.2) is 30.5 Å². The van der Waals surface area contributed by atoms with Gasteiger partial charge >= 0.3 is 0 Å². The van der Waals surface area contributed by atoms with Gasteiger partial charge in [0.25, 0.3) is 0 Å². The Morgan fingerprint density at radius 3 is 2.70 bits per heavy atom. The number of hydrogen-bond donors (Lipinski definition) is 2. The van der Waals surface area contributed by atoms with Crippen molar-refractivity contribution in [2.24, 2.45) is 7.05 Å². The van der Waals surface area contributed by atoms with Crippen LogP contribution < -0.4 is 10.6 Å². The van der Waals surface area contributed by atoms with Gasteiger partial charge in [-0.25, -0.2) is 0 Å². The van der Waals surface area contributed by atoms with Gasteiger partial charge in [0.15, 0.2) is 0 Å². The Balaban J connectivity index is 2.10. The second-order valence-corrected chi connectivity index (χ2v) is 4.68. The normalized spacial score (nSPS) is 10.3. The quantitative estimate of drug-likeness (QED) is 0.879. The maximum absolute atomic E-state index is 11.5. The van der Waals surface area contributed by atoms with E-state index in [4.69, 9.17) is 0 Å². The van der Waals surface area contributed by atoms with E-state index in [1.165, 1.54) is 0 Å². The van der Waals surface area contributed by atoms with Crippen molar-refractivity contribution >= 4 is 17.3 Å². The molecule has 2 aromatic rings. The zero-order valence-corrected chi connectivity index (χ0v) is 12.1. The lowest BCUT2D eigenvalue weighted by atomic mass is 10.1. The molecule has 0 bridgehead atoms. The summed E-state index contributed by atoms with van der Waals surface area (Å²) in [6, 6.07) is 7.83. The monoisotopic (exact) mass is 272 g/mol. The van der Waals surface area contributed by atoms with E-state index in [1.807, 2.05) is 49.8 Å². The van der Waals surface area contributed by atoms with Gasteiger partial charge in [0.05, 0.1) is 12.2 Å². The standard InChI is InChI=1S/C15H20N4O/c1-4-15(20)18-14-7-5-6-13(11(14)2)16-10-12-8-9-17-19(12)3/h5-9,16H,4,10H2,1-3H3,(H,18,20). The minimum absolute atomic E-state index is 0.0249. The molecule has 0 radical (unpaired) electrons. The van der Waals surface area contributed by atoms with Crippen molar-refractivity contribution in [2.75, 3.05) is 10.6 Å². The molecule has 5 heteroatoms. The van der Waals surface area contributed by atoms with Crippen LogP contribution >= 0.6 is 0 Å². The molecule has 2 rings (SSSR count). The third kappa shape index (κ3) is 3.17. The fourth-order valence-electron chi connectivity index (χ4n) is 1.96. The molecule has 0 aliphatic rings. The molecule has 0 saturated heterocycles. The number of benzene rings is 1. The van der Waals surface area contributed by atoms with Gasteiger partial charge in [-0.15, -0.1) is 0 Å². The Kier molecular flexibility index (Phi) is 4.40. The topological polar surface area (TPSA) is 59.0 Å². The highest BCUT2D eigenvalue weighted by atomic mass is 16.1. The van der Waals surface area contributed by atoms with Crippen molar-refractivity contribution < 1.29 is 4.79 Å². The summed E-state index contributed by atoms with van der Waals surface area (Å²) in [5.41, 5.74) is 4.01. The molecule has 1 heterocycles. The van der Waals surface area contributed by atoms with Crippen LogP contribution in [0.1, 0.15) is 24.6 Å². The first-order chi connectivity index (χ1) is 9.61. The van der Waals surface area contributed by atoms with Crippen LogP contribution in [0.4, 0.5) is 11.4 Å². The number of amides is 1. The SMILES string of the molecule is CCC(=O)Nc1cccc(NCc2ccnn2C)c1C. The van der Waals surface area contributed by atoms with Crippen molar-refractivity contribution in [1.82, 2.24) is 9.78 Å². The summed E-state index contributed by atoms with van der Waals surface area (Å²) in [5, 5.41) is 10.4. The number of nitrogens with zero attached hydrogens (tertiary/aromatic N) is 2. The number of hydrogen-bond acceptors (Lipinski definition) is 3. The average molecular weight is 272 g/mol. The zero-order chi connectivity index (χ0) is 14.5. The molecule has 106 valence electrons. The van der Waals surface area contributed by atoms with Crippen LogP contribution in [0.5, 0.6) is 0 Å². The van der Waals surface area contributed by atoms with E-state index < -0.39 is 0 Å². The number of aromatic nitrogens is 2. The highest BCUT2D eigenvalue weighted by Gasteiger charge is 2.07. The van der Waals surface area contributed by atoms with Gasteiger partial charge in [0.1, 0.15) is 0 Å². The largest absolute Gasteiger partial charge is 0.379 e. The second kappa shape index (κ2) is 6.23. The summed E-state index contributed by atoms with van der Waals surface area (Å²) in [4.78, 5) is 11.5. The van der Waals surface area contributed by atoms with Gasteiger partial charge in [-0.1, -0.05) is 13.0 Å². The molecular weight excluding hydrogens is 252 g/mol. The highest BCUT2D eigenvalue weighted by Crippen LogP contribution is 2.23. The Hall–Kier alpha value is -2.30. The molecule has 1 aromatic heterocycles. The van der Waals surface area contributed by atoms with Crippen molar-refractivity contribution in [3.05, 3.63) is 41.7 Å². The van der Waals surface area contributed by atoms with Crippen molar-refractivity contribution in [3.8, 4) is 0 Å². The Morgan fingerprint density at radius 1 is 1.30 bits per heavy atom. The maximum atomic E-state index is 11.5. The fourth-order valence-corrected chi connectivity index (χ4v) is 1.96. The molecule has 0 fully saturated rings. The number of rotatable bonds is 5. The van der Waals surface area contributed by atoms with Crippen LogP contribution in [0, 0.1) is 6.92 Å². The molecule has 0 saturated carbocycles. The van der Waals surface area contributed by atoms with Gasteiger partial charge in [-0.3, -0.25) is 9.48 Å². The first-order valence-corrected chi connectivity index (χ1v) is 6.72. The third-order valence-electron chi connectivity index (χ3n) is 3.31. The smallest absolute Gasteiger partial charge is 0.224 e. The highest BCUT2D eigenvalue weighted by molar-refractivity contribution is 5.92. The summed E-state index contributed by atoms with van der Waals surface area (Å²) >= 11 is 0. The fraction of sp³-hybridized carbons (Fsp3) is 0.333. The minimum atomic E-state index is 0.0249. The van der Waals surface area contributed by atoms with E-state index in [2.05, 4.69) is 15.7 Å². The molecule has 0 unspecified atom stereocenters. The maximum Gasteiger partial charge on any atom is 0.224 e. The molecule has 0 atom stereocenters. The summed E-state index contributed by atoms with van der Waals surface area (Å²) in [6.45, 7) is 4.54. The number of nitrogens with one attached hydrogen (secondary N) is 2. The van der Waals surface area contributed by atoms with E-state index in [-0.39, 0.29) is 5.91 Å². The zero-order valence-electron chi connectivity index (χ0n) is 12.1. The van der Waals surface area contributed by atoms with Crippen LogP contribution in [-0.4, -0.2) is 15.7 Å². The lowest BCUT2D eigenvalue weighted by molar-refractivity contribution is -0.115. The van der Waals surface area contributed by atoms with E-state index in [0.29, 0.717) is 13.0 Å². The molecule has 2 N–H and O–H groups in total. The molecule has 20 heavy (non-hydrogen) atoms. The minimum Gasteiger partial charge on any atom is -0.379 e. The van der Waals surface area contributed by atoms with Crippen LogP contribution in [0.25, 0.3) is 0 Å². The van der Waals surface area contributed by atoms with Crippen molar-refractivity contribution in [1.29, 1.82) is 0 Å². The Morgan fingerprint density at radius 2 is 2.05 bits per heavy atom. The van der Waals surface area contributed by atoms with E-state index in [0.717, 1.165) is 22.6 Å². The molecule has 0 aliphatic heterocycles.